The average molecular weight is 314 g/mol. The van der Waals surface area contributed by atoms with E-state index in [0.717, 1.165) is 0 Å². The minimum absolute atomic E-state index is 0.0285. The van der Waals surface area contributed by atoms with Crippen LogP contribution >= 0.6 is 0 Å². The van der Waals surface area contributed by atoms with E-state index in [1.165, 1.54) is 12.1 Å². The molecule has 0 radical (unpaired) electrons. The Kier molecular flexibility index (Phi) is 6.16. The Morgan fingerprint density at radius 1 is 1.29 bits per heavy atom. The third-order valence-electron chi connectivity index (χ3n) is 2.54. The number of benzene rings is 1. The summed E-state index contributed by atoms with van der Waals surface area (Å²) in [5.41, 5.74) is 0.622. The Morgan fingerprint density at radius 2 is 2.00 bits per heavy atom. The largest absolute Gasteiger partial charge is 0.481 e. The number of hydrogen-bond acceptors (Lipinski definition) is 4. The summed E-state index contributed by atoms with van der Waals surface area (Å²) < 4.78 is 25.9. The van der Waals surface area contributed by atoms with Gasteiger partial charge in [0, 0.05) is 24.2 Å². The molecule has 0 aliphatic heterocycles. The van der Waals surface area contributed by atoms with Gasteiger partial charge < -0.3 is 10.4 Å². The number of carbonyl (C=O) groups is 2. The predicted octanol–water partition coefficient (Wildman–Crippen LogP) is 1.04. The Bertz CT molecular complexity index is 613. The number of hydrogen-bond donors (Lipinski definition) is 3. The number of carboxylic acids is 1. The maximum atomic E-state index is 11.8. The van der Waals surface area contributed by atoms with Gasteiger partial charge >= 0.3 is 5.97 Å². The second kappa shape index (κ2) is 7.63. The van der Waals surface area contributed by atoms with E-state index in [2.05, 4.69) is 10.0 Å². The highest BCUT2D eigenvalue weighted by molar-refractivity contribution is 7.92. The van der Waals surface area contributed by atoms with Crippen molar-refractivity contribution in [3.05, 3.63) is 29.8 Å². The molecule has 0 atom stereocenters. The molecule has 0 fully saturated rings. The molecular weight excluding hydrogens is 296 g/mol. The molecule has 8 heteroatoms. The van der Waals surface area contributed by atoms with E-state index >= 15 is 0 Å². The molecule has 1 aromatic rings. The van der Waals surface area contributed by atoms with Gasteiger partial charge in [-0.25, -0.2) is 8.42 Å². The lowest BCUT2D eigenvalue weighted by Gasteiger charge is -2.09. The van der Waals surface area contributed by atoms with Crippen molar-refractivity contribution in [3.8, 4) is 0 Å². The first-order chi connectivity index (χ1) is 9.84. The summed E-state index contributed by atoms with van der Waals surface area (Å²) >= 11 is 0. The Balaban J connectivity index is 2.71. The molecule has 0 bridgehead atoms. The van der Waals surface area contributed by atoms with Crippen molar-refractivity contribution in [1.82, 2.24) is 5.32 Å². The highest BCUT2D eigenvalue weighted by Crippen LogP contribution is 2.13. The third kappa shape index (κ3) is 6.26. The molecular formula is C13H18N2O5S. The number of nitrogens with one attached hydrogen (secondary N) is 2. The van der Waals surface area contributed by atoms with Crippen molar-refractivity contribution in [3.63, 3.8) is 0 Å². The van der Waals surface area contributed by atoms with Gasteiger partial charge in [0.1, 0.15) is 0 Å². The third-order valence-corrected chi connectivity index (χ3v) is 3.91. The fourth-order valence-electron chi connectivity index (χ4n) is 1.63. The summed E-state index contributed by atoms with van der Waals surface area (Å²) in [5.74, 6) is -1.61. The summed E-state index contributed by atoms with van der Waals surface area (Å²) in [6.07, 6.45) is -0.180. The van der Waals surface area contributed by atoms with Gasteiger partial charge in [-0.3, -0.25) is 14.3 Å². The molecule has 0 aliphatic rings. The van der Waals surface area contributed by atoms with Crippen molar-refractivity contribution in [1.29, 1.82) is 0 Å². The minimum Gasteiger partial charge on any atom is -0.481 e. The first-order valence-corrected chi connectivity index (χ1v) is 8.10. The second-order valence-electron chi connectivity index (χ2n) is 4.36. The van der Waals surface area contributed by atoms with Crippen LogP contribution in [0.4, 0.5) is 5.69 Å². The molecule has 0 heterocycles. The van der Waals surface area contributed by atoms with Gasteiger partial charge in [0.15, 0.2) is 0 Å². The molecule has 7 nitrogen and oxygen atoms in total. The maximum absolute atomic E-state index is 11.8. The highest BCUT2D eigenvalue weighted by Gasteiger charge is 2.12. The lowest BCUT2D eigenvalue weighted by molar-refractivity contribution is -0.137. The number of anilines is 1. The van der Waals surface area contributed by atoms with Gasteiger partial charge in [0.05, 0.1) is 5.75 Å². The van der Waals surface area contributed by atoms with E-state index in [0.29, 0.717) is 12.1 Å². The molecule has 0 spiro atoms. The highest BCUT2D eigenvalue weighted by atomic mass is 32.2. The number of amides is 1. The lowest BCUT2D eigenvalue weighted by Crippen LogP contribution is -2.23. The zero-order chi connectivity index (χ0) is 15.9. The molecule has 116 valence electrons. The zero-order valence-electron chi connectivity index (χ0n) is 11.6. The van der Waals surface area contributed by atoms with Gasteiger partial charge in [-0.15, -0.1) is 0 Å². The molecule has 21 heavy (non-hydrogen) atoms. The van der Waals surface area contributed by atoms with Crippen LogP contribution in [0, 0.1) is 0 Å². The van der Waals surface area contributed by atoms with Gasteiger partial charge in [-0.2, -0.15) is 0 Å². The SMILES string of the molecule is CCNC(=O)c1cccc(NS(=O)(=O)CCCC(=O)O)c1. The molecule has 1 aromatic carbocycles. The van der Waals surface area contributed by atoms with E-state index in [4.69, 9.17) is 5.11 Å². The van der Waals surface area contributed by atoms with Crippen molar-refractivity contribution < 1.29 is 23.1 Å². The van der Waals surface area contributed by atoms with Crippen LogP contribution in [0.5, 0.6) is 0 Å². The molecule has 3 N–H and O–H groups in total. The summed E-state index contributed by atoms with van der Waals surface area (Å²) in [5, 5.41) is 11.1. The van der Waals surface area contributed by atoms with Crippen LogP contribution in [-0.4, -0.2) is 37.7 Å². The molecule has 0 unspecified atom stereocenters. The summed E-state index contributed by atoms with van der Waals surface area (Å²) in [6, 6.07) is 6.10. The zero-order valence-corrected chi connectivity index (χ0v) is 12.4. The normalized spacial score (nSPS) is 10.9. The van der Waals surface area contributed by atoms with Gasteiger partial charge in [0.25, 0.3) is 5.91 Å². The van der Waals surface area contributed by atoms with E-state index in [1.807, 2.05) is 0 Å². The quantitative estimate of drug-likeness (QED) is 0.663. The van der Waals surface area contributed by atoms with E-state index in [-0.39, 0.29) is 30.2 Å². The van der Waals surface area contributed by atoms with Crippen molar-refractivity contribution in [2.75, 3.05) is 17.0 Å². The predicted molar refractivity (Wildman–Crippen MR) is 78.7 cm³/mol. The maximum Gasteiger partial charge on any atom is 0.303 e. The lowest BCUT2D eigenvalue weighted by atomic mass is 10.2. The van der Waals surface area contributed by atoms with Crippen LogP contribution in [0.15, 0.2) is 24.3 Å². The number of rotatable bonds is 8. The van der Waals surface area contributed by atoms with Crippen molar-refractivity contribution in [2.45, 2.75) is 19.8 Å². The van der Waals surface area contributed by atoms with Gasteiger partial charge in [0.2, 0.25) is 10.0 Å². The minimum atomic E-state index is -3.63. The molecule has 0 saturated heterocycles. The first-order valence-electron chi connectivity index (χ1n) is 6.44. The summed E-state index contributed by atoms with van der Waals surface area (Å²) in [4.78, 5) is 22.0. The van der Waals surface area contributed by atoms with E-state index in [1.54, 1.807) is 19.1 Å². The Labute approximate surface area is 123 Å². The topological polar surface area (TPSA) is 113 Å². The Hall–Kier alpha value is -2.09. The van der Waals surface area contributed by atoms with Gasteiger partial charge in [-0.1, -0.05) is 6.07 Å². The van der Waals surface area contributed by atoms with E-state index < -0.39 is 16.0 Å². The van der Waals surface area contributed by atoms with Crippen LogP contribution in [0.3, 0.4) is 0 Å². The summed E-state index contributed by atoms with van der Waals surface area (Å²) in [6.45, 7) is 2.26. The number of carboxylic acid groups (broad SMARTS) is 1. The second-order valence-corrected chi connectivity index (χ2v) is 6.20. The number of sulfonamides is 1. The standard InChI is InChI=1S/C13H18N2O5S/c1-2-14-13(18)10-5-3-6-11(9-10)15-21(19,20)8-4-7-12(16)17/h3,5-6,9,15H,2,4,7-8H2,1H3,(H,14,18)(H,16,17). The average Bonchev–Trinajstić information content (AvgIpc) is 2.38. The monoisotopic (exact) mass is 314 g/mol. The van der Waals surface area contributed by atoms with Crippen LogP contribution in [-0.2, 0) is 14.8 Å². The van der Waals surface area contributed by atoms with Crippen LogP contribution in [0.1, 0.15) is 30.1 Å². The van der Waals surface area contributed by atoms with Gasteiger partial charge in [-0.05, 0) is 31.5 Å². The van der Waals surface area contributed by atoms with Crippen molar-refractivity contribution >= 4 is 27.6 Å². The molecule has 1 rings (SSSR count). The summed E-state index contributed by atoms with van der Waals surface area (Å²) in [7, 11) is -3.63. The molecule has 0 aliphatic carbocycles. The smallest absolute Gasteiger partial charge is 0.303 e. The molecule has 0 saturated carbocycles. The number of aliphatic carboxylic acids is 1. The van der Waals surface area contributed by atoms with E-state index in [9.17, 15) is 18.0 Å². The van der Waals surface area contributed by atoms with Crippen molar-refractivity contribution in [2.24, 2.45) is 0 Å². The molecule has 1 amide bonds. The first kappa shape index (κ1) is 17.0. The number of carbonyl (C=O) groups excluding carboxylic acids is 1. The van der Waals surface area contributed by atoms with Crippen LogP contribution < -0.4 is 10.0 Å². The molecule has 0 aromatic heterocycles. The fraction of sp³-hybridized carbons (Fsp3) is 0.385. The van der Waals surface area contributed by atoms with Crippen LogP contribution in [0.2, 0.25) is 0 Å². The van der Waals surface area contributed by atoms with Crippen LogP contribution in [0.25, 0.3) is 0 Å². The fourth-order valence-corrected chi connectivity index (χ4v) is 2.74. The Morgan fingerprint density at radius 3 is 2.62 bits per heavy atom.